The van der Waals surface area contributed by atoms with Crippen LogP contribution in [0.15, 0.2) is 29.2 Å². The van der Waals surface area contributed by atoms with Gasteiger partial charge in [-0.2, -0.15) is 0 Å². The number of unbranched alkanes of at least 4 members (excludes halogenated alkanes) is 1. The zero-order chi connectivity index (χ0) is 11.8. The average Bonchev–Trinajstić information content (AvgIpc) is 2.34. The molecule has 0 heterocycles. The van der Waals surface area contributed by atoms with Crippen LogP contribution in [0.5, 0.6) is 0 Å². The molecule has 16 heavy (non-hydrogen) atoms. The summed E-state index contributed by atoms with van der Waals surface area (Å²) >= 11 is 7.37. The number of carbonyl (C=O) groups is 1. The van der Waals surface area contributed by atoms with Crippen LogP contribution in [0.1, 0.15) is 23.2 Å². The van der Waals surface area contributed by atoms with Gasteiger partial charge in [0.05, 0.1) is 12.7 Å². The van der Waals surface area contributed by atoms with Gasteiger partial charge in [0.2, 0.25) is 0 Å². The standard InChI is InChI=1S/C12H15ClO2S/c1-15-12(14)10-4-6-11(7-5-10)16-9-3-2-8-13/h4-7H,2-3,8-9H2,1H3. The van der Waals surface area contributed by atoms with Crippen molar-refractivity contribution < 1.29 is 9.53 Å². The second-order valence-corrected chi connectivity index (χ2v) is 4.81. The highest BCUT2D eigenvalue weighted by molar-refractivity contribution is 7.99. The van der Waals surface area contributed by atoms with Crippen LogP contribution in [0.25, 0.3) is 0 Å². The Morgan fingerprint density at radius 2 is 2.00 bits per heavy atom. The maximum Gasteiger partial charge on any atom is 0.337 e. The second kappa shape index (κ2) is 7.58. The van der Waals surface area contributed by atoms with Gasteiger partial charge in [-0.1, -0.05) is 0 Å². The van der Waals surface area contributed by atoms with Crippen LogP contribution in [0, 0.1) is 0 Å². The summed E-state index contributed by atoms with van der Waals surface area (Å²) in [5.41, 5.74) is 0.590. The first-order chi connectivity index (χ1) is 7.77. The summed E-state index contributed by atoms with van der Waals surface area (Å²) in [5.74, 6) is 1.49. The molecule has 4 heteroatoms. The van der Waals surface area contributed by atoms with Crippen molar-refractivity contribution in [2.75, 3.05) is 18.7 Å². The lowest BCUT2D eigenvalue weighted by Crippen LogP contribution is -2.00. The Hall–Kier alpha value is -0.670. The molecule has 0 atom stereocenters. The van der Waals surface area contributed by atoms with Gasteiger partial charge < -0.3 is 4.74 Å². The topological polar surface area (TPSA) is 26.3 Å². The number of ether oxygens (including phenoxy) is 1. The van der Waals surface area contributed by atoms with E-state index in [0.717, 1.165) is 24.5 Å². The zero-order valence-electron chi connectivity index (χ0n) is 9.24. The second-order valence-electron chi connectivity index (χ2n) is 3.26. The Kier molecular flexibility index (Phi) is 6.34. The minimum absolute atomic E-state index is 0.293. The number of thioether (sulfide) groups is 1. The van der Waals surface area contributed by atoms with E-state index in [4.69, 9.17) is 11.6 Å². The van der Waals surface area contributed by atoms with Crippen molar-refractivity contribution >= 4 is 29.3 Å². The molecule has 0 radical (unpaired) electrons. The van der Waals surface area contributed by atoms with Gasteiger partial charge in [-0.05, 0) is 42.9 Å². The molecule has 1 aromatic rings. The third-order valence-corrected chi connectivity index (χ3v) is 3.44. The van der Waals surface area contributed by atoms with Crippen LogP contribution >= 0.6 is 23.4 Å². The highest BCUT2D eigenvalue weighted by Gasteiger charge is 2.04. The Morgan fingerprint density at radius 1 is 1.31 bits per heavy atom. The van der Waals surface area contributed by atoms with Gasteiger partial charge in [0.25, 0.3) is 0 Å². The fourth-order valence-corrected chi connectivity index (χ4v) is 2.29. The fraction of sp³-hybridized carbons (Fsp3) is 0.417. The summed E-state index contributed by atoms with van der Waals surface area (Å²) in [6.07, 6.45) is 2.17. The molecule has 88 valence electrons. The number of benzene rings is 1. The van der Waals surface area contributed by atoms with Crippen molar-refractivity contribution in [3.05, 3.63) is 29.8 Å². The number of carbonyl (C=O) groups excluding carboxylic acids is 1. The largest absolute Gasteiger partial charge is 0.465 e. The smallest absolute Gasteiger partial charge is 0.337 e. The van der Waals surface area contributed by atoms with Gasteiger partial charge in [0.15, 0.2) is 0 Å². The molecule has 0 bridgehead atoms. The van der Waals surface area contributed by atoms with Crippen molar-refractivity contribution in [3.63, 3.8) is 0 Å². The molecule has 0 spiro atoms. The van der Waals surface area contributed by atoms with E-state index in [-0.39, 0.29) is 5.97 Å². The summed E-state index contributed by atoms with van der Waals surface area (Å²) in [7, 11) is 1.39. The number of esters is 1. The monoisotopic (exact) mass is 258 g/mol. The highest BCUT2D eigenvalue weighted by Crippen LogP contribution is 2.20. The Labute approximate surface area is 105 Å². The lowest BCUT2D eigenvalue weighted by atomic mass is 10.2. The first-order valence-electron chi connectivity index (χ1n) is 5.15. The predicted molar refractivity (Wildman–Crippen MR) is 68.5 cm³/mol. The zero-order valence-corrected chi connectivity index (χ0v) is 10.8. The molecule has 0 aliphatic carbocycles. The molecule has 0 N–H and O–H groups in total. The molecule has 0 saturated heterocycles. The van der Waals surface area contributed by atoms with E-state index >= 15 is 0 Å². The van der Waals surface area contributed by atoms with Crippen LogP contribution in [0.4, 0.5) is 0 Å². The normalized spacial score (nSPS) is 10.1. The van der Waals surface area contributed by atoms with Crippen molar-refractivity contribution in [2.45, 2.75) is 17.7 Å². The quantitative estimate of drug-likeness (QED) is 0.338. The van der Waals surface area contributed by atoms with Gasteiger partial charge in [0, 0.05) is 10.8 Å². The van der Waals surface area contributed by atoms with Gasteiger partial charge in [-0.25, -0.2) is 4.79 Å². The van der Waals surface area contributed by atoms with Crippen LogP contribution in [-0.2, 0) is 4.74 Å². The van der Waals surface area contributed by atoms with E-state index < -0.39 is 0 Å². The lowest BCUT2D eigenvalue weighted by molar-refractivity contribution is 0.0600. The molecule has 0 unspecified atom stereocenters. The Balaban J connectivity index is 2.42. The minimum Gasteiger partial charge on any atom is -0.465 e. The van der Waals surface area contributed by atoms with E-state index in [1.165, 1.54) is 12.0 Å². The number of hydrogen-bond donors (Lipinski definition) is 0. The maximum absolute atomic E-state index is 11.2. The first-order valence-corrected chi connectivity index (χ1v) is 6.67. The van der Waals surface area contributed by atoms with Crippen molar-refractivity contribution in [3.8, 4) is 0 Å². The average molecular weight is 259 g/mol. The fourth-order valence-electron chi connectivity index (χ4n) is 1.19. The molecule has 0 aliphatic heterocycles. The Morgan fingerprint density at radius 3 is 2.56 bits per heavy atom. The SMILES string of the molecule is COC(=O)c1ccc(SCCCCCl)cc1. The number of methoxy groups -OCH3 is 1. The first kappa shape index (κ1) is 13.4. The number of hydrogen-bond acceptors (Lipinski definition) is 3. The molecule has 0 aromatic heterocycles. The van der Waals surface area contributed by atoms with Crippen LogP contribution in [0.3, 0.4) is 0 Å². The van der Waals surface area contributed by atoms with E-state index in [1.54, 1.807) is 23.9 Å². The molecular formula is C12H15ClO2S. The van der Waals surface area contributed by atoms with Gasteiger partial charge in [-0.15, -0.1) is 23.4 Å². The van der Waals surface area contributed by atoms with Crippen molar-refractivity contribution in [2.24, 2.45) is 0 Å². The van der Waals surface area contributed by atoms with Gasteiger partial charge in [0.1, 0.15) is 0 Å². The molecule has 0 fully saturated rings. The van der Waals surface area contributed by atoms with Crippen LogP contribution in [-0.4, -0.2) is 24.7 Å². The van der Waals surface area contributed by atoms with Gasteiger partial charge >= 0.3 is 5.97 Å². The summed E-state index contributed by atoms with van der Waals surface area (Å²) in [4.78, 5) is 12.3. The summed E-state index contributed by atoms with van der Waals surface area (Å²) < 4.78 is 4.63. The minimum atomic E-state index is -0.293. The molecule has 1 aromatic carbocycles. The summed E-state index contributed by atoms with van der Waals surface area (Å²) in [6.45, 7) is 0. The van der Waals surface area contributed by atoms with Crippen LogP contribution < -0.4 is 0 Å². The predicted octanol–water partition coefficient (Wildman–Crippen LogP) is 3.58. The Bertz CT molecular complexity index is 324. The summed E-state index contributed by atoms with van der Waals surface area (Å²) in [6, 6.07) is 7.46. The molecule has 1 rings (SSSR count). The van der Waals surface area contributed by atoms with Gasteiger partial charge in [-0.3, -0.25) is 0 Å². The van der Waals surface area contributed by atoms with E-state index in [0.29, 0.717) is 5.56 Å². The van der Waals surface area contributed by atoms with Crippen molar-refractivity contribution in [1.29, 1.82) is 0 Å². The third kappa shape index (κ3) is 4.45. The number of halogens is 1. The molecule has 2 nitrogen and oxygen atoms in total. The highest BCUT2D eigenvalue weighted by atomic mass is 35.5. The molecular weight excluding hydrogens is 244 g/mol. The molecule has 0 aliphatic rings. The summed E-state index contributed by atoms with van der Waals surface area (Å²) in [5, 5.41) is 0. The number of rotatable bonds is 6. The van der Waals surface area contributed by atoms with E-state index in [9.17, 15) is 4.79 Å². The van der Waals surface area contributed by atoms with E-state index in [2.05, 4.69) is 4.74 Å². The maximum atomic E-state index is 11.2. The van der Waals surface area contributed by atoms with E-state index in [1.807, 2.05) is 12.1 Å². The third-order valence-electron chi connectivity index (χ3n) is 2.07. The van der Waals surface area contributed by atoms with Crippen LogP contribution in [0.2, 0.25) is 0 Å². The van der Waals surface area contributed by atoms with Crippen molar-refractivity contribution in [1.82, 2.24) is 0 Å². The lowest BCUT2D eigenvalue weighted by Gasteiger charge is -2.02. The molecule has 0 amide bonds. The molecule has 0 saturated carbocycles. The number of alkyl halides is 1.